The minimum Gasteiger partial charge on any atom is -0.341 e. The predicted octanol–water partition coefficient (Wildman–Crippen LogP) is 3.54. The van der Waals surface area contributed by atoms with E-state index >= 15 is 0 Å². The van der Waals surface area contributed by atoms with Crippen LogP contribution < -0.4 is 5.56 Å². The average molecular weight is 392 g/mol. The van der Waals surface area contributed by atoms with Crippen molar-refractivity contribution in [3.05, 3.63) is 51.1 Å². The fourth-order valence-corrected chi connectivity index (χ4v) is 4.25. The first-order valence-corrected chi connectivity index (χ1v) is 9.50. The summed E-state index contributed by atoms with van der Waals surface area (Å²) in [6.45, 7) is 1.43. The Kier molecular flexibility index (Phi) is 4.50. The van der Waals surface area contributed by atoms with Gasteiger partial charge in [-0.15, -0.1) is 11.3 Å². The van der Waals surface area contributed by atoms with Crippen molar-refractivity contribution in [2.75, 3.05) is 13.1 Å². The molecular formula is C18H15ClFN3O2S. The zero-order valence-corrected chi connectivity index (χ0v) is 15.3. The maximum atomic E-state index is 13.8. The van der Waals surface area contributed by atoms with Gasteiger partial charge in [-0.25, -0.2) is 9.37 Å². The molecule has 1 aromatic carbocycles. The van der Waals surface area contributed by atoms with Crippen LogP contribution in [0.1, 0.15) is 12.8 Å². The van der Waals surface area contributed by atoms with E-state index in [0.717, 1.165) is 25.9 Å². The molecule has 0 N–H and O–H groups in total. The first-order valence-electron chi connectivity index (χ1n) is 8.24. The molecule has 0 radical (unpaired) electrons. The summed E-state index contributed by atoms with van der Waals surface area (Å²) in [5.41, 5.74) is 0.804. The second-order valence-electron chi connectivity index (χ2n) is 6.22. The number of carbonyl (C=O) groups excluding carboxylic acids is 1. The number of hydrogen-bond acceptors (Lipinski definition) is 4. The van der Waals surface area contributed by atoms with Crippen LogP contribution in [0.2, 0.25) is 5.02 Å². The lowest BCUT2D eigenvalue weighted by molar-refractivity contribution is -0.130. The number of aromatic nitrogens is 2. The molecule has 0 atom stereocenters. The zero-order chi connectivity index (χ0) is 18.3. The Morgan fingerprint density at radius 3 is 2.81 bits per heavy atom. The van der Waals surface area contributed by atoms with Crippen LogP contribution in [-0.2, 0) is 11.3 Å². The number of hydrogen-bond donors (Lipinski definition) is 0. The van der Waals surface area contributed by atoms with Gasteiger partial charge >= 0.3 is 0 Å². The molecule has 0 saturated carbocycles. The average Bonchev–Trinajstić information content (AvgIpc) is 3.29. The fraction of sp³-hybridized carbons (Fsp3) is 0.278. The molecule has 1 amide bonds. The summed E-state index contributed by atoms with van der Waals surface area (Å²) in [7, 11) is 0. The van der Waals surface area contributed by atoms with E-state index in [0.29, 0.717) is 21.3 Å². The summed E-state index contributed by atoms with van der Waals surface area (Å²) in [6.07, 6.45) is 3.39. The van der Waals surface area contributed by atoms with E-state index in [2.05, 4.69) is 4.98 Å². The lowest BCUT2D eigenvalue weighted by atomic mass is 10.1. The molecule has 1 aliphatic rings. The van der Waals surface area contributed by atoms with Gasteiger partial charge in [0.05, 0.1) is 22.3 Å². The number of benzene rings is 1. The van der Waals surface area contributed by atoms with Crippen LogP contribution in [0.5, 0.6) is 0 Å². The van der Waals surface area contributed by atoms with E-state index in [4.69, 9.17) is 11.6 Å². The lowest BCUT2D eigenvalue weighted by Gasteiger charge is -2.15. The van der Waals surface area contributed by atoms with Gasteiger partial charge in [0.2, 0.25) is 5.91 Å². The van der Waals surface area contributed by atoms with Crippen LogP contribution in [-0.4, -0.2) is 33.4 Å². The second-order valence-corrected chi connectivity index (χ2v) is 7.51. The number of fused-ring (bicyclic) bond motifs is 1. The molecule has 8 heteroatoms. The molecule has 0 bridgehead atoms. The predicted molar refractivity (Wildman–Crippen MR) is 100 cm³/mol. The highest BCUT2D eigenvalue weighted by molar-refractivity contribution is 7.15. The van der Waals surface area contributed by atoms with Crippen molar-refractivity contribution in [1.29, 1.82) is 0 Å². The number of thiophene rings is 1. The molecule has 1 saturated heterocycles. The van der Waals surface area contributed by atoms with E-state index < -0.39 is 5.82 Å². The summed E-state index contributed by atoms with van der Waals surface area (Å²) in [6, 6.07) is 4.44. The zero-order valence-electron chi connectivity index (χ0n) is 13.7. The van der Waals surface area contributed by atoms with Crippen LogP contribution >= 0.6 is 22.9 Å². The highest BCUT2D eigenvalue weighted by atomic mass is 35.5. The Balaban J connectivity index is 1.75. The van der Waals surface area contributed by atoms with Gasteiger partial charge < -0.3 is 4.90 Å². The molecule has 0 spiro atoms. The molecular weight excluding hydrogens is 377 g/mol. The Bertz CT molecular complexity index is 1060. The van der Waals surface area contributed by atoms with Gasteiger partial charge in [0.1, 0.15) is 12.4 Å². The normalized spacial score (nSPS) is 14.3. The van der Waals surface area contributed by atoms with E-state index in [9.17, 15) is 14.0 Å². The van der Waals surface area contributed by atoms with Gasteiger partial charge in [-0.3, -0.25) is 14.2 Å². The van der Waals surface area contributed by atoms with Gasteiger partial charge in [-0.05, 0) is 30.5 Å². The van der Waals surface area contributed by atoms with Gasteiger partial charge in [0.15, 0.2) is 0 Å². The molecule has 2 aromatic heterocycles. The highest BCUT2D eigenvalue weighted by Gasteiger charge is 2.20. The number of nitrogens with zero attached hydrogens (tertiary/aromatic N) is 3. The molecule has 0 unspecified atom stereocenters. The van der Waals surface area contributed by atoms with Crippen molar-refractivity contribution in [2.45, 2.75) is 19.4 Å². The molecule has 1 aliphatic heterocycles. The Morgan fingerprint density at radius 2 is 2.08 bits per heavy atom. The summed E-state index contributed by atoms with van der Waals surface area (Å²) >= 11 is 7.06. The van der Waals surface area contributed by atoms with Crippen molar-refractivity contribution < 1.29 is 9.18 Å². The number of amides is 1. The van der Waals surface area contributed by atoms with Gasteiger partial charge in [-0.2, -0.15) is 0 Å². The molecule has 0 aliphatic carbocycles. The first kappa shape index (κ1) is 17.2. The van der Waals surface area contributed by atoms with E-state index in [1.165, 1.54) is 34.4 Å². The van der Waals surface area contributed by atoms with Crippen molar-refractivity contribution >= 4 is 39.7 Å². The standard InChI is InChI=1S/C18H15ClFN3O2S/c19-12-4-3-11(7-13(12)20)17-16-14(9-26-17)21-10-23(18(16)25)8-15(24)22-5-1-2-6-22/h3-4,7,9-10H,1-2,5-6,8H2. The van der Waals surface area contributed by atoms with Crippen molar-refractivity contribution in [3.8, 4) is 10.4 Å². The van der Waals surface area contributed by atoms with Gasteiger partial charge in [0, 0.05) is 23.3 Å². The minimum absolute atomic E-state index is 0.0290. The summed E-state index contributed by atoms with van der Waals surface area (Å²) in [5, 5.41) is 2.18. The number of likely N-dealkylation sites (tertiary alicyclic amines) is 1. The molecule has 3 aromatic rings. The van der Waals surface area contributed by atoms with Crippen molar-refractivity contribution in [2.24, 2.45) is 0 Å². The lowest BCUT2D eigenvalue weighted by Crippen LogP contribution is -2.34. The Hall–Kier alpha value is -2.25. The van der Waals surface area contributed by atoms with Gasteiger partial charge in [0.25, 0.3) is 5.56 Å². The fourth-order valence-electron chi connectivity index (χ4n) is 3.15. The second kappa shape index (κ2) is 6.81. The van der Waals surface area contributed by atoms with Crippen LogP contribution in [0.3, 0.4) is 0 Å². The third-order valence-electron chi connectivity index (χ3n) is 4.53. The maximum Gasteiger partial charge on any atom is 0.263 e. The van der Waals surface area contributed by atoms with Crippen LogP contribution in [0.25, 0.3) is 21.3 Å². The molecule has 134 valence electrons. The van der Waals surface area contributed by atoms with E-state index in [1.807, 2.05) is 0 Å². The number of halogens is 2. The highest BCUT2D eigenvalue weighted by Crippen LogP contribution is 2.33. The van der Waals surface area contributed by atoms with Crippen LogP contribution in [0.4, 0.5) is 4.39 Å². The minimum atomic E-state index is -0.542. The topological polar surface area (TPSA) is 55.2 Å². The largest absolute Gasteiger partial charge is 0.341 e. The van der Waals surface area contributed by atoms with Crippen LogP contribution in [0, 0.1) is 5.82 Å². The Morgan fingerprint density at radius 1 is 1.31 bits per heavy atom. The molecule has 5 nitrogen and oxygen atoms in total. The van der Waals surface area contributed by atoms with E-state index in [1.54, 1.807) is 16.3 Å². The monoisotopic (exact) mass is 391 g/mol. The first-order chi connectivity index (χ1) is 12.5. The van der Waals surface area contributed by atoms with E-state index in [-0.39, 0.29) is 23.0 Å². The smallest absolute Gasteiger partial charge is 0.263 e. The number of carbonyl (C=O) groups is 1. The van der Waals surface area contributed by atoms with Crippen molar-refractivity contribution in [3.63, 3.8) is 0 Å². The van der Waals surface area contributed by atoms with Crippen LogP contribution in [0.15, 0.2) is 34.7 Å². The quantitative estimate of drug-likeness (QED) is 0.686. The molecule has 4 rings (SSSR count). The Labute approximate surface area is 157 Å². The third-order valence-corrected chi connectivity index (χ3v) is 5.85. The summed E-state index contributed by atoms with van der Waals surface area (Å²) in [5.74, 6) is -0.626. The summed E-state index contributed by atoms with van der Waals surface area (Å²) in [4.78, 5) is 32.0. The van der Waals surface area contributed by atoms with Crippen molar-refractivity contribution in [1.82, 2.24) is 14.5 Å². The molecule has 1 fully saturated rings. The SMILES string of the molecule is O=C(Cn1cnc2csc(-c3ccc(Cl)c(F)c3)c2c1=O)N1CCCC1. The maximum absolute atomic E-state index is 13.8. The molecule has 26 heavy (non-hydrogen) atoms. The number of rotatable bonds is 3. The molecule has 3 heterocycles. The van der Waals surface area contributed by atoms with Gasteiger partial charge in [-0.1, -0.05) is 17.7 Å². The third kappa shape index (κ3) is 3.01. The summed E-state index contributed by atoms with van der Waals surface area (Å²) < 4.78 is 15.1.